The van der Waals surface area contributed by atoms with Crippen LogP contribution >= 0.6 is 0 Å². The number of benzene rings is 2. The lowest BCUT2D eigenvalue weighted by Gasteiger charge is -2.12. The number of hydrogen-bond donors (Lipinski definition) is 2. The lowest BCUT2D eigenvalue weighted by molar-refractivity contribution is -0.123. The van der Waals surface area contributed by atoms with E-state index in [0.29, 0.717) is 22.6 Å². The van der Waals surface area contributed by atoms with Crippen molar-refractivity contribution in [3.8, 4) is 22.7 Å². The van der Waals surface area contributed by atoms with Gasteiger partial charge in [0.15, 0.2) is 6.61 Å². The molecule has 2 aromatic carbocycles. The Hall–Kier alpha value is -4.46. The standard InChI is InChI=1S/C25H23N5O3/c1-17-8-6-9-18(2)24(17)33-16-22(31)27-28-25(32)21-15-30(20-11-4-3-5-12-20)29-23(21)19-10-7-13-26-14-19/h3-15H,16H2,1-2H3,(H,27,31)(H,28,32). The van der Waals surface area contributed by atoms with E-state index in [0.717, 1.165) is 16.8 Å². The van der Waals surface area contributed by atoms with E-state index in [2.05, 4.69) is 20.9 Å². The van der Waals surface area contributed by atoms with E-state index in [1.165, 1.54) is 0 Å². The highest BCUT2D eigenvalue weighted by Gasteiger charge is 2.19. The second-order valence-electron chi connectivity index (χ2n) is 7.43. The number of carbonyl (C=O) groups excluding carboxylic acids is 2. The fraction of sp³-hybridized carbons (Fsp3) is 0.120. The maximum atomic E-state index is 12.9. The predicted molar refractivity (Wildman–Crippen MR) is 124 cm³/mol. The summed E-state index contributed by atoms with van der Waals surface area (Å²) < 4.78 is 7.25. The molecule has 0 saturated carbocycles. The number of hydrogen-bond acceptors (Lipinski definition) is 5. The van der Waals surface area contributed by atoms with Gasteiger partial charge < -0.3 is 4.74 Å². The molecule has 0 spiro atoms. The molecule has 4 aromatic rings. The Kier molecular flexibility index (Phi) is 6.45. The van der Waals surface area contributed by atoms with Crippen molar-refractivity contribution >= 4 is 11.8 Å². The number of aryl methyl sites for hydroxylation is 2. The molecule has 166 valence electrons. The van der Waals surface area contributed by atoms with Crippen LogP contribution in [-0.4, -0.2) is 33.2 Å². The molecule has 2 aromatic heterocycles. The lowest BCUT2D eigenvalue weighted by Crippen LogP contribution is -2.44. The van der Waals surface area contributed by atoms with Crippen LogP contribution in [-0.2, 0) is 4.79 Å². The molecule has 2 N–H and O–H groups in total. The lowest BCUT2D eigenvalue weighted by atomic mass is 10.1. The van der Waals surface area contributed by atoms with Gasteiger partial charge in [-0.2, -0.15) is 5.10 Å². The van der Waals surface area contributed by atoms with Crippen LogP contribution in [0.25, 0.3) is 16.9 Å². The zero-order valence-electron chi connectivity index (χ0n) is 18.3. The van der Waals surface area contributed by atoms with Gasteiger partial charge in [-0.25, -0.2) is 4.68 Å². The summed E-state index contributed by atoms with van der Waals surface area (Å²) in [5.74, 6) is -0.331. The molecule has 4 rings (SSSR count). The monoisotopic (exact) mass is 441 g/mol. The van der Waals surface area contributed by atoms with Crippen molar-refractivity contribution in [2.24, 2.45) is 0 Å². The first kappa shape index (κ1) is 21.8. The van der Waals surface area contributed by atoms with Crippen molar-refractivity contribution < 1.29 is 14.3 Å². The van der Waals surface area contributed by atoms with Crippen molar-refractivity contribution in [2.75, 3.05) is 6.61 Å². The first-order valence-corrected chi connectivity index (χ1v) is 10.4. The van der Waals surface area contributed by atoms with E-state index in [1.807, 2.05) is 68.4 Å². The van der Waals surface area contributed by atoms with Gasteiger partial charge in [-0.05, 0) is 49.2 Å². The summed E-state index contributed by atoms with van der Waals surface area (Å²) >= 11 is 0. The molecule has 2 amide bonds. The van der Waals surface area contributed by atoms with E-state index >= 15 is 0 Å². The second-order valence-corrected chi connectivity index (χ2v) is 7.43. The molecular weight excluding hydrogens is 418 g/mol. The van der Waals surface area contributed by atoms with Gasteiger partial charge in [-0.1, -0.05) is 36.4 Å². The summed E-state index contributed by atoms with van der Waals surface area (Å²) in [6.45, 7) is 3.59. The summed E-state index contributed by atoms with van der Waals surface area (Å²) in [6, 6.07) is 18.8. The molecule has 8 nitrogen and oxygen atoms in total. The number of hydrazine groups is 1. The Morgan fingerprint density at radius 3 is 2.39 bits per heavy atom. The summed E-state index contributed by atoms with van der Waals surface area (Å²) in [4.78, 5) is 29.3. The van der Waals surface area contributed by atoms with E-state index in [1.54, 1.807) is 29.3 Å². The van der Waals surface area contributed by atoms with Gasteiger partial charge in [0.25, 0.3) is 11.8 Å². The van der Waals surface area contributed by atoms with E-state index < -0.39 is 11.8 Å². The predicted octanol–water partition coefficient (Wildman–Crippen LogP) is 3.39. The van der Waals surface area contributed by atoms with Crippen LogP contribution < -0.4 is 15.6 Å². The van der Waals surface area contributed by atoms with Crippen molar-refractivity contribution in [3.63, 3.8) is 0 Å². The van der Waals surface area contributed by atoms with Crippen LogP contribution in [0.4, 0.5) is 0 Å². The minimum atomic E-state index is -0.503. The fourth-order valence-corrected chi connectivity index (χ4v) is 3.36. The van der Waals surface area contributed by atoms with Gasteiger partial charge in [0.1, 0.15) is 11.4 Å². The highest BCUT2D eigenvalue weighted by molar-refractivity contribution is 6.00. The number of amides is 2. The normalized spacial score (nSPS) is 10.5. The van der Waals surface area contributed by atoms with Gasteiger partial charge >= 0.3 is 0 Å². The average molecular weight is 441 g/mol. The molecule has 0 aliphatic rings. The molecule has 0 bridgehead atoms. The van der Waals surface area contributed by atoms with Gasteiger partial charge in [0, 0.05) is 24.2 Å². The maximum absolute atomic E-state index is 12.9. The van der Waals surface area contributed by atoms with Crippen LogP contribution in [0.15, 0.2) is 79.3 Å². The maximum Gasteiger partial charge on any atom is 0.276 e. The molecule has 0 aliphatic heterocycles. The number of nitrogens with zero attached hydrogens (tertiary/aromatic N) is 3. The van der Waals surface area contributed by atoms with Crippen LogP contribution in [0.5, 0.6) is 5.75 Å². The minimum Gasteiger partial charge on any atom is -0.483 e. The van der Waals surface area contributed by atoms with Crippen LogP contribution in [0, 0.1) is 13.8 Å². The average Bonchev–Trinajstić information content (AvgIpc) is 3.29. The Labute approximate surface area is 191 Å². The largest absolute Gasteiger partial charge is 0.483 e. The van der Waals surface area contributed by atoms with Crippen LogP contribution in [0.3, 0.4) is 0 Å². The highest BCUT2D eigenvalue weighted by Crippen LogP contribution is 2.23. The molecule has 0 unspecified atom stereocenters. The molecule has 0 atom stereocenters. The smallest absolute Gasteiger partial charge is 0.276 e. The third kappa shape index (κ3) is 5.07. The number of rotatable bonds is 6. The van der Waals surface area contributed by atoms with Crippen molar-refractivity contribution in [1.82, 2.24) is 25.6 Å². The van der Waals surface area contributed by atoms with E-state index in [4.69, 9.17) is 4.74 Å². The Morgan fingerprint density at radius 2 is 1.70 bits per heavy atom. The van der Waals surface area contributed by atoms with E-state index in [-0.39, 0.29) is 6.61 Å². The summed E-state index contributed by atoms with van der Waals surface area (Å²) in [5, 5.41) is 4.57. The van der Waals surface area contributed by atoms with Gasteiger partial charge in [0.05, 0.1) is 11.3 Å². The Bertz CT molecular complexity index is 1250. The second kappa shape index (κ2) is 9.78. The molecule has 8 heteroatoms. The topological polar surface area (TPSA) is 98.1 Å². The molecule has 2 heterocycles. The van der Waals surface area contributed by atoms with Gasteiger partial charge in [-0.15, -0.1) is 0 Å². The number of nitrogens with one attached hydrogen (secondary N) is 2. The fourth-order valence-electron chi connectivity index (χ4n) is 3.36. The number of aromatic nitrogens is 3. The van der Waals surface area contributed by atoms with Gasteiger partial charge in [-0.3, -0.25) is 25.4 Å². The van der Waals surface area contributed by atoms with Crippen molar-refractivity contribution in [1.29, 1.82) is 0 Å². The number of para-hydroxylation sites is 2. The molecule has 0 aliphatic carbocycles. The first-order chi connectivity index (χ1) is 16.0. The summed E-state index contributed by atoms with van der Waals surface area (Å²) in [5.41, 5.74) is 8.94. The van der Waals surface area contributed by atoms with Gasteiger partial charge in [0.2, 0.25) is 0 Å². The number of carbonyl (C=O) groups is 2. The molecule has 33 heavy (non-hydrogen) atoms. The molecule has 0 radical (unpaired) electrons. The van der Waals surface area contributed by atoms with Crippen LogP contribution in [0.2, 0.25) is 0 Å². The third-order valence-corrected chi connectivity index (χ3v) is 4.99. The molecular formula is C25H23N5O3. The molecule has 0 fully saturated rings. The Morgan fingerprint density at radius 1 is 0.939 bits per heavy atom. The first-order valence-electron chi connectivity index (χ1n) is 10.4. The summed E-state index contributed by atoms with van der Waals surface area (Å²) in [6.07, 6.45) is 4.89. The molecule has 0 saturated heterocycles. The summed E-state index contributed by atoms with van der Waals surface area (Å²) in [7, 11) is 0. The number of pyridine rings is 1. The van der Waals surface area contributed by atoms with E-state index in [9.17, 15) is 9.59 Å². The minimum absolute atomic E-state index is 0.231. The highest BCUT2D eigenvalue weighted by atomic mass is 16.5. The zero-order chi connectivity index (χ0) is 23.2. The quantitative estimate of drug-likeness (QED) is 0.447. The Balaban J connectivity index is 1.48. The van der Waals surface area contributed by atoms with Crippen molar-refractivity contribution in [3.05, 3.63) is 95.9 Å². The number of ether oxygens (including phenoxy) is 1. The van der Waals surface area contributed by atoms with Crippen LogP contribution in [0.1, 0.15) is 21.5 Å². The third-order valence-electron chi connectivity index (χ3n) is 4.99. The van der Waals surface area contributed by atoms with Crippen molar-refractivity contribution in [2.45, 2.75) is 13.8 Å². The zero-order valence-corrected chi connectivity index (χ0v) is 18.3. The SMILES string of the molecule is Cc1cccc(C)c1OCC(=O)NNC(=O)c1cn(-c2ccccc2)nc1-c1cccnc1.